The molecule has 2 rings (SSSR count). The fraction of sp³-hybridized carbons (Fsp3) is 0.909. The number of halogens is 1. The molecule has 16 heavy (non-hydrogen) atoms. The lowest BCUT2D eigenvalue weighted by molar-refractivity contribution is 0.0918. The van der Waals surface area contributed by atoms with Crippen LogP contribution in [0.1, 0.15) is 20.8 Å². The van der Waals surface area contributed by atoms with Crippen molar-refractivity contribution in [2.24, 2.45) is 17.3 Å². The average molecular weight is 249 g/mol. The standard InChI is InChI=1S/C11H20N2O2.ClH/c1-11(2,3)9-8-5-12-4-7(8)6-13(9)10(14)15;/h7-9,12H,4-6H2,1-3H3,(H,14,15);1H/t7-,8-,9?;/m1./s1. The molecule has 0 aromatic heterocycles. The van der Waals surface area contributed by atoms with Gasteiger partial charge in [0.2, 0.25) is 0 Å². The van der Waals surface area contributed by atoms with Gasteiger partial charge in [-0.1, -0.05) is 20.8 Å². The lowest BCUT2D eigenvalue weighted by Gasteiger charge is -2.36. The number of nitrogens with zero attached hydrogens (tertiary/aromatic N) is 1. The number of fused-ring (bicyclic) bond motifs is 1. The van der Waals surface area contributed by atoms with Gasteiger partial charge in [0.05, 0.1) is 0 Å². The van der Waals surface area contributed by atoms with E-state index >= 15 is 0 Å². The second-order valence-corrected chi connectivity index (χ2v) is 5.83. The van der Waals surface area contributed by atoms with Crippen LogP contribution in [-0.4, -0.2) is 41.8 Å². The lowest BCUT2D eigenvalue weighted by Crippen LogP contribution is -2.46. The topological polar surface area (TPSA) is 52.6 Å². The van der Waals surface area contributed by atoms with E-state index < -0.39 is 6.09 Å². The molecule has 3 atom stereocenters. The molecule has 4 nitrogen and oxygen atoms in total. The second-order valence-electron chi connectivity index (χ2n) is 5.83. The van der Waals surface area contributed by atoms with Crippen LogP contribution in [0.15, 0.2) is 0 Å². The zero-order chi connectivity index (χ0) is 11.2. The summed E-state index contributed by atoms with van der Waals surface area (Å²) in [4.78, 5) is 12.8. The number of likely N-dealkylation sites (tertiary alicyclic amines) is 1. The number of nitrogens with one attached hydrogen (secondary N) is 1. The Morgan fingerprint density at radius 3 is 2.50 bits per heavy atom. The summed E-state index contributed by atoms with van der Waals surface area (Å²) < 4.78 is 0. The van der Waals surface area contributed by atoms with Crippen LogP contribution in [-0.2, 0) is 0 Å². The van der Waals surface area contributed by atoms with Crippen LogP contribution < -0.4 is 5.32 Å². The SMILES string of the molecule is CC(C)(C)C1[C@@H]2CNC[C@@H]2CN1C(=O)O.Cl. The first-order valence-electron chi connectivity index (χ1n) is 5.61. The van der Waals surface area contributed by atoms with Crippen LogP contribution in [0.4, 0.5) is 4.79 Å². The maximum absolute atomic E-state index is 11.2. The minimum Gasteiger partial charge on any atom is -0.465 e. The van der Waals surface area contributed by atoms with Gasteiger partial charge in [-0.25, -0.2) is 4.79 Å². The van der Waals surface area contributed by atoms with E-state index in [0.29, 0.717) is 18.4 Å². The van der Waals surface area contributed by atoms with Crippen LogP contribution in [0.3, 0.4) is 0 Å². The summed E-state index contributed by atoms with van der Waals surface area (Å²) in [5.74, 6) is 1.02. The Morgan fingerprint density at radius 1 is 1.38 bits per heavy atom. The fourth-order valence-electron chi connectivity index (χ4n) is 3.23. The molecule has 0 saturated carbocycles. The van der Waals surface area contributed by atoms with Crippen molar-refractivity contribution < 1.29 is 9.90 Å². The van der Waals surface area contributed by atoms with Gasteiger partial charge in [0, 0.05) is 25.7 Å². The smallest absolute Gasteiger partial charge is 0.407 e. The monoisotopic (exact) mass is 248 g/mol. The minimum atomic E-state index is -0.760. The molecule has 1 unspecified atom stereocenters. The third-order valence-electron chi connectivity index (χ3n) is 3.70. The summed E-state index contributed by atoms with van der Waals surface area (Å²) in [5.41, 5.74) is 0.0316. The molecular weight excluding hydrogens is 228 g/mol. The molecule has 0 aromatic carbocycles. The van der Waals surface area contributed by atoms with E-state index in [1.807, 2.05) is 0 Å². The minimum absolute atomic E-state index is 0. The third-order valence-corrected chi connectivity index (χ3v) is 3.70. The molecule has 5 heteroatoms. The first-order chi connectivity index (χ1) is 6.91. The number of hydrogen-bond acceptors (Lipinski definition) is 2. The Bertz CT molecular complexity index is 278. The molecule has 2 N–H and O–H groups in total. The van der Waals surface area contributed by atoms with E-state index in [4.69, 9.17) is 0 Å². The molecule has 94 valence electrons. The summed E-state index contributed by atoms with van der Waals surface area (Å²) >= 11 is 0. The Labute approximate surface area is 103 Å². The zero-order valence-electron chi connectivity index (χ0n) is 10.1. The molecule has 0 bridgehead atoms. The van der Waals surface area contributed by atoms with Gasteiger partial charge in [0.15, 0.2) is 0 Å². The summed E-state index contributed by atoms with van der Waals surface area (Å²) in [6.07, 6.45) is -0.760. The normalized spacial score (nSPS) is 33.4. The van der Waals surface area contributed by atoms with Gasteiger partial charge >= 0.3 is 6.09 Å². The van der Waals surface area contributed by atoms with Crippen LogP contribution in [0, 0.1) is 17.3 Å². The Hall–Kier alpha value is -0.480. The number of amides is 1. The van der Waals surface area contributed by atoms with Crippen LogP contribution >= 0.6 is 12.4 Å². The van der Waals surface area contributed by atoms with Crippen LogP contribution in [0.25, 0.3) is 0 Å². The highest BCUT2D eigenvalue weighted by atomic mass is 35.5. The van der Waals surface area contributed by atoms with Gasteiger partial charge in [-0.2, -0.15) is 0 Å². The average Bonchev–Trinajstić information content (AvgIpc) is 2.56. The van der Waals surface area contributed by atoms with Crippen molar-refractivity contribution in [2.75, 3.05) is 19.6 Å². The molecule has 0 spiro atoms. The summed E-state index contributed by atoms with van der Waals surface area (Å²) in [7, 11) is 0. The van der Waals surface area contributed by atoms with Gasteiger partial charge in [0.25, 0.3) is 0 Å². The molecule has 2 heterocycles. The third kappa shape index (κ3) is 2.13. The number of carbonyl (C=O) groups is 1. The number of rotatable bonds is 0. The van der Waals surface area contributed by atoms with Crippen LogP contribution in [0.5, 0.6) is 0 Å². The maximum atomic E-state index is 11.2. The van der Waals surface area contributed by atoms with E-state index in [1.165, 1.54) is 0 Å². The highest BCUT2D eigenvalue weighted by Crippen LogP contribution is 2.41. The summed E-state index contributed by atoms with van der Waals surface area (Å²) in [5, 5.41) is 12.6. The summed E-state index contributed by atoms with van der Waals surface area (Å²) in [6.45, 7) is 9.04. The highest BCUT2D eigenvalue weighted by molar-refractivity contribution is 5.85. The van der Waals surface area contributed by atoms with E-state index in [1.54, 1.807) is 4.90 Å². The quantitative estimate of drug-likeness (QED) is 0.686. The van der Waals surface area contributed by atoms with Crippen molar-refractivity contribution in [2.45, 2.75) is 26.8 Å². The molecule has 2 saturated heterocycles. The van der Waals surface area contributed by atoms with Crippen molar-refractivity contribution in [3.63, 3.8) is 0 Å². The lowest BCUT2D eigenvalue weighted by atomic mass is 9.78. The zero-order valence-corrected chi connectivity index (χ0v) is 10.9. The van der Waals surface area contributed by atoms with Gasteiger partial charge in [-0.3, -0.25) is 0 Å². The maximum Gasteiger partial charge on any atom is 0.407 e. The highest BCUT2D eigenvalue weighted by Gasteiger charge is 2.50. The predicted octanol–water partition coefficient (Wildman–Crippen LogP) is 1.65. The molecule has 2 aliphatic heterocycles. The number of carboxylic acid groups (broad SMARTS) is 1. The molecule has 1 amide bonds. The van der Waals surface area contributed by atoms with E-state index in [9.17, 15) is 9.90 Å². The van der Waals surface area contributed by atoms with Crippen LogP contribution in [0.2, 0.25) is 0 Å². The largest absolute Gasteiger partial charge is 0.465 e. The first-order valence-corrected chi connectivity index (χ1v) is 5.61. The molecule has 2 fully saturated rings. The molecule has 0 radical (unpaired) electrons. The van der Waals surface area contributed by atoms with Crippen molar-refractivity contribution in [3.8, 4) is 0 Å². The molecule has 0 aliphatic carbocycles. The predicted molar refractivity (Wildman–Crippen MR) is 65.1 cm³/mol. The molecular formula is C11H21ClN2O2. The van der Waals surface area contributed by atoms with Crippen molar-refractivity contribution in [1.82, 2.24) is 10.2 Å². The van der Waals surface area contributed by atoms with Gasteiger partial charge in [-0.15, -0.1) is 12.4 Å². The van der Waals surface area contributed by atoms with Gasteiger partial charge in [-0.05, 0) is 17.3 Å². The van der Waals surface area contributed by atoms with Gasteiger partial charge < -0.3 is 15.3 Å². The Morgan fingerprint density at radius 2 is 2.00 bits per heavy atom. The molecule has 0 aromatic rings. The fourth-order valence-corrected chi connectivity index (χ4v) is 3.23. The second kappa shape index (κ2) is 4.41. The Kier molecular flexibility index (Phi) is 3.75. The summed E-state index contributed by atoms with van der Waals surface area (Å²) in [6, 6.07) is 0.162. The van der Waals surface area contributed by atoms with E-state index in [0.717, 1.165) is 13.1 Å². The van der Waals surface area contributed by atoms with E-state index in [-0.39, 0.29) is 23.9 Å². The van der Waals surface area contributed by atoms with Crippen molar-refractivity contribution in [3.05, 3.63) is 0 Å². The number of hydrogen-bond donors (Lipinski definition) is 2. The van der Waals surface area contributed by atoms with Crippen molar-refractivity contribution >= 4 is 18.5 Å². The van der Waals surface area contributed by atoms with Crippen molar-refractivity contribution in [1.29, 1.82) is 0 Å². The Balaban J connectivity index is 0.00000128. The van der Waals surface area contributed by atoms with E-state index in [2.05, 4.69) is 26.1 Å². The molecule has 2 aliphatic rings. The first kappa shape index (κ1) is 13.6. The van der Waals surface area contributed by atoms with Gasteiger partial charge in [0.1, 0.15) is 0 Å².